The first-order valence-electron chi connectivity index (χ1n) is 8.07. The molecule has 0 unspecified atom stereocenters. The van der Waals surface area contributed by atoms with E-state index in [-0.39, 0.29) is 17.8 Å². The third kappa shape index (κ3) is 4.57. The van der Waals surface area contributed by atoms with Crippen LogP contribution in [-0.2, 0) is 6.18 Å². The van der Waals surface area contributed by atoms with E-state index in [0.29, 0.717) is 5.69 Å². The van der Waals surface area contributed by atoms with Gasteiger partial charge in [0.05, 0.1) is 24.6 Å². The number of carbonyl (C=O) groups is 1. The molecule has 8 heteroatoms. The summed E-state index contributed by atoms with van der Waals surface area (Å²) in [5.74, 6) is 4.32. The van der Waals surface area contributed by atoms with Gasteiger partial charge >= 0.3 is 6.18 Å². The van der Waals surface area contributed by atoms with Crippen molar-refractivity contribution in [1.29, 1.82) is 0 Å². The Balaban J connectivity index is 1.66. The van der Waals surface area contributed by atoms with Crippen LogP contribution in [0.2, 0.25) is 0 Å². The highest BCUT2D eigenvalue weighted by Crippen LogP contribution is 2.29. The fourth-order valence-electron chi connectivity index (χ4n) is 2.41. The molecule has 0 bridgehead atoms. The van der Waals surface area contributed by atoms with Gasteiger partial charge in [-0.25, -0.2) is 9.37 Å². The van der Waals surface area contributed by atoms with E-state index < -0.39 is 23.5 Å². The smallest absolute Gasteiger partial charge is 0.340 e. The summed E-state index contributed by atoms with van der Waals surface area (Å²) in [6.45, 7) is -0.0658. The van der Waals surface area contributed by atoms with Gasteiger partial charge in [-0.3, -0.25) is 9.36 Å². The van der Waals surface area contributed by atoms with E-state index in [0.717, 1.165) is 12.1 Å². The molecule has 0 aliphatic rings. The maximum atomic E-state index is 13.0. The topological polar surface area (TPSA) is 46.9 Å². The first kappa shape index (κ1) is 19.2. The maximum Gasteiger partial charge on any atom is 0.416 e. The molecule has 0 saturated heterocycles. The van der Waals surface area contributed by atoms with Crippen LogP contribution in [0.5, 0.6) is 0 Å². The summed E-state index contributed by atoms with van der Waals surface area (Å²) in [6, 6.07) is 10.2. The summed E-state index contributed by atoms with van der Waals surface area (Å²) in [6.07, 6.45) is -1.68. The molecule has 0 atom stereocenters. The Labute approximate surface area is 157 Å². The minimum atomic E-state index is -4.44. The van der Waals surface area contributed by atoms with Crippen LogP contribution < -0.4 is 5.32 Å². The molecule has 1 aromatic heterocycles. The Hall–Kier alpha value is -3.60. The molecule has 1 amide bonds. The molecular weight excluding hydrogens is 374 g/mol. The number of nitrogens with zero attached hydrogens (tertiary/aromatic N) is 2. The maximum absolute atomic E-state index is 13.0. The van der Waals surface area contributed by atoms with Crippen molar-refractivity contribution in [2.75, 3.05) is 6.54 Å². The monoisotopic (exact) mass is 387 g/mol. The van der Waals surface area contributed by atoms with Crippen LogP contribution in [0, 0.1) is 17.7 Å². The highest BCUT2D eigenvalue weighted by Gasteiger charge is 2.30. The third-order valence-electron chi connectivity index (χ3n) is 3.74. The molecule has 0 aliphatic heterocycles. The zero-order valence-corrected chi connectivity index (χ0v) is 14.3. The van der Waals surface area contributed by atoms with Crippen LogP contribution in [0.3, 0.4) is 0 Å². The SMILES string of the molecule is O=C(NCC#Cc1cccc(C(F)(F)F)c1)c1cncn1-c1ccc(F)cc1. The molecule has 0 saturated carbocycles. The lowest BCUT2D eigenvalue weighted by Crippen LogP contribution is -2.25. The van der Waals surface area contributed by atoms with Crippen LogP contribution in [0.15, 0.2) is 61.1 Å². The van der Waals surface area contributed by atoms with E-state index in [1.54, 1.807) is 0 Å². The second-order valence-electron chi connectivity index (χ2n) is 5.69. The molecule has 0 radical (unpaired) electrons. The quantitative estimate of drug-likeness (QED) is 0.549. The lowest BCUT2D eigenvalue weighted by molar-refractivity contribution is -0.137. The van der Waals surface area contributed by atoms with Gasteiger partial charge in [0.15, 0.2) is 0 Å². The third-order valence-corrected chi connectivity index (χ3v) is 3.74. The van der Waals surface area contributed by atoms with Crippen molar-refractivity contribution in [3.8, 4) is 17.5 Å². The van der Waals surface area contributed by atoms with Crippen LogP contribution in [0.1, 0.15) is 21.6 Å². The molecule has 0 fully saturated rings. The largest absolute Gasteiger partial charge is 0.416 e. The molecule has 0 aliphatic carbocycles. The highest BCUT2D eigenvalue weighted by molar-refractivity contribution is 5.93. The van der Waals surface area contributed by atoms with Crippen molar-refractivity contribution in [1.82, 2.24) is 14.9 Å². The van der Waals surface area contributed by atoms with E-state index in [9.17, 15) is 22.4 Å². The normalized spacial score (nSPS) is 10.9. The number of halogens is 4. The molecule has 4 nitrogen and oxygen atoms in total. The van der Waals surface area contributed by atoms with Crippen molar-refractivity contribution in [2.45, 2.75) is 6.18 Å². The number of carbonyl (C=O) groups excluding carboxylic acids is 1. The summed E-state index contributed by atoms with van der Waals surface area (Å²) >= 11 is 0. The summed E-state index contributed by atoms with van der Waals surface area (Å²) in [5.41, 5.74) is 0.179. The standard InChI is InChI=1S/C20H13F4N3O/c21-16-6-8-17(9-7-16)27-13-25-12-18(27)19(28)26-10-2-4-14-3-1-5-15(11-14)20(22,23)24/h1,3,5-9,11-13H,10H2,(H,26,28). The van der Waals surface area contributed by atoms with Crippen molar-refractivity contribution in [3.05, 3.63) is 83.7 Å². The van der Waals surface area contributed by atoms with Crippen LogP contribution in [0.25, 0.3) is 5.69 Å². The number of rotatable bonds is 3. The van der Waals surface area contributed by atoms with E-state index in [1.807, 2.05) is 0 Å². The van der Waals surface area contributed by atoms with E-state index >= 15 is 0 Å². The molecular formula is C20H13F4N3O. The van der Waals surface area contributed by atoms with Crippen molar-refractivity contribution < 1.29 is 22.4 Å². The van der Waals surface area contributed by atoms with E-state index in [4.69, 9.17) is 0 Å². The summed E-state index contributed by atoms with van der Waals surface area (Å²) in [5, 5.41) is 2.55. The van der Waals surface area contributed by atoms with Crippen LogP contribution >= 0.6 is 0 Å². The fourth-order valence-corrected chi connectivity index (χ4v) is 2.41. The number of benzene rings is 2. The Kier molecular flexibility index (Phi) is 5.45. The van der Waals surface area contributed by atoms with Gasteiger partial charge < -0.3 is 5.32 Å². The highest BCUT2D eigenvalue weighted by atomic mass is 19.4. The number of hydrogen-bond acceptors (Lipinski definition) is 2. The second kappa shape index (κ2) is 7.96. The number of aromatic nitrogens is 2. The van der Waals surface area contributed by atoms with Crippen molar-refractivity contribution in [3.63, 3.8) is 0 Å². The molecule has 3 aromatic rings. The Morgan fingerprint density at radius 3 is 2.61 bits per heavy atom. The summed E-state index contributed by atoms with van der Waals surface area (Å²) in [4.78, 5) is 16.2. The van der Waals surface area contributed by atoms with Crippen molar-refractivity contribution in [2.24, 2.45) is 0 Å². The molecule has 0 spiro atoms. The number of amides is 1. The van der Waals surface area contributed by atoms with Crippen LogP contribution in [-0.4, -0.2) is 22.0 Å². The van der Waals surface area contributed by atoms with E-state index in [2.05, 4.69) is 22.1 Å². The second-order valence-corrected chi connectivity index (χ2v) is 5.69. The summed E-state index contributed by atoms with van der Waals surface area (Å²) in [7, 11) is 0. The lowest BCUT2D eigenvalue weighted by atomic mass is 10.1. The average molecular weight is 387 g/mol. The number of hydrogen-bond donors (Lipinski definition) is 1. The minimum absolute atomic E-state index is 0.0658. The predicted molar refractivity (Wildman–Crippen MR) is 94.2 cm³/mol. The minimum Gasteiger partial charge on any atom is -0.340 e. The molecule has 28 heavy (non-hydrogen) atoms. The molecule has 1 heterocycles. The zero-order valence-electron chi connectivity index (χ0n) is 14.3. The predicted octanol–water partition coefficient (Wildman–Crippen LogP) is 3.81. The van der Waals surface area contributed by atoms with Crippen molar-refractivity contribution >= 4 is 5.91 Å². The number of alkyl halides is 3. The first-order chi connectivity index (χ1) is 13.3. The zero-order chi connectivity index (χ0) is 20.1. The van der Waals surface area contributed by atoms with Gasteiger partial charge in [0.25, 0.3) is 5.91 Å². The van der Waals surface area contributed by atoms with Gasteiger partial charge in [-0.1, -0.05) is 17.9 Å². The van der Waals surface area contributed by atoms with Gasteiger partial charge in [0.2, 0.25) is 0 Å². The molecule has 2 aromatic carbocycles. The van der Waals surface area contributed by atoms with Gasteiger partial charge in [-0.15, -0.1) is 0 Å². The van der Waals surface area contributed by atoms with Gasteiger partial charge in [-0.05, 0) is 42.5 Å². The van der Waals surface area contributed by atoms with Crippen LogP contribution in [0.4, 0.5) is 17.6 Å². The Morgan fingerprint density at radius 1 is 1.14 bits per heavy atom. The van der Waals surface area contributed by atoms with Gasteiger partial charge in [0.1, 0.15) is 11.5 Å². The van der Waals surface area contributed by atoms with Gasteiger partial charge in [0, 0.05) is 11.3 Å². The Morgan fingerprint density at radius 2 is 1.89 bits per heavy atom. The number of nitrogens with one attached hydrogen (secondary N) is 1. The molecule has 142 valence electrons. The molecule has 1 N–H and O–H groups in total. The average Bonchev–Trinajstić information content (AvgIpc) is 3.15. The van der Waals surface area contributed by atoms with Gasteiger partial charge in [-0.2, -0.15) is 13.2 Å². The first-order valence-corrected chi connectivity index (χ1v) is 8.07. The lowest BCUT2D eigenvalue weighted by Gasteiger charge is -2.07. The molecule has 3 rings (SSSR count). The number of imidazole rings is 1. The summed E-state index contributed by atoms with van der Waals surface area (Å²) < 4.78 is 52.6. The Bertz CT molecular complexity index is 1040. The van der Waals surface area contributed by atoms with E-state index in [1.165, 1.54) is 53.5 Å². The fraction of sp³-hybridized carbons (Fsp3) is 0.100.